The second-order valence-electron chi connectivity index (χ2n) is 16.1. The zero-order valence-electron chi connectivity index (χ0n) is 23.3. The van der Waals surface area contributed by atoms with Gasteiger partial charge in [-0.2, -0.15) is 0 Å². The highest BCUT2D eigenvalue weighted by molar-refractivity contribution is 4.96. The number of hydrogen-bond acceptors (Lipinski definition) is 0. The zero-order valence-corrected chi connectivity index (χ0v) is 23.3. The van der Waals surface area contributed by atoms with E-state index in [1.165, 1.54) is 38.5 Å². The average molecular weight is 419 g/mol. The van der Waals surface area contributed by atoms with Gasteiger partial charge in [0.05, 0.1) is 0 Å². The molecular weight excluding hydrogens is 360 g/mol. The largest absolute Gasteiger partial charge is 0.0619 e. The van der Waals surface area contributed by atoms with Crippen LogP contribution in [0.4, 0.5) is 0 Å². The summed E-state index contributed by atoms with van der Waals surface area (Å²) in [5.74, 6) is 6.21. The lowest BCUT2D eigenvalue weighted by Gasteiger charge is -2.52. The normalized spacial score (nSPS) is 37.3. The molecule has 0 nitrogen and oxygen atoms in total. The first-order chi connectivity index (χ1) is 13.3. The van der Waals surface area contributed by atoms with E-state index in [4.69, 9.17) is 0 Å². The van der Waals surface area contributed by atoms with Gasteiger partial charge in [-0.3, -0.25) is 0 Å². The van der Waals surface area contributed by atoms with Gasteiger partial charge < -0.3 is 0 Å². The van der Waals surface area contributed by atoms with Gasteiger partial charge in [-0.05, 0) is 102 Å². The molecule has 0 saturated heterocycles. The minimum Gasteiger partial charge on any atom is -0.0619 e. The monoisotopic (exact) mass is 418 g/mol. The van der Waals surface area contributed by atoms with Gasteiger partial charge in [0.1, 0.15) is 0 Å². The minimum atomic E-state index is 0.427. The second kappa shape index (κ2) is 8.74. The van der Waals surface area contributed by atoms with E-state index in [0.717, 1.165) is 41.4 Å². The van der Waals surface area contributed by atoms with Crippen molar-refractivity contribution in [2.45, 2.75) is 129 Å². The summed E-state index contributed by atoms with van der Waals surface area (Å²) in [5, 5.41) is 0. The number of hydrogen-bond donors (Lipinski definition) is 0. The Hall–Kier alpha value is 0. The molecule has 0 aliphatic heterocycles. The third kappa shape index (κ3) is 6.51. The number of rotatable bonds is 2. The van der Waals surface area contributed by atoms with Crippen LogP contribution < -0.4 is 0 Å². The molecule has 178 valence electrons. The predicted octanol–water partition coefficient (Wildman–Crippen LogP) is 9.87. The molecule has 0 aromatic rings. The summed E-state index contributed by atoms with van der Waals surface area (Å²) in [6.07, 6.45) is 8.82. The fourth-order valence-electron chi connectivity index (χ4n) is 7.52. The molecule has 0 radical (unpaired) electrons. The summed E-state index contributed by atoms with van der Waals surface area (Å²) in [4.78, 5) is 0. The molecule has 2 saturated carbocycles. The Bertz CT molecular complexity index is 495. The second-order valence-corrected chi connectivity index (χ2v) is 16.1. The van der Waals surface area contributed by atoms with Gasteiger partial charge in [0.15, 0.2) is 0 Å². The van der Waals surface area contributed by atoms with Crippen molar-refractivity contribution in [3.63, 3.8) is 0 Å². The lowest BCUT2D eigenvalue weighted by molar-refractivity contribution is -0.0235. The first-order valence-electron chi connectivity index (χ1n) is 13.3. The van der Waals surface area contributed by atoms with Gasteiger partial charge in [-0.25, -0.2) is 0 Å². The summed E-state index contributed by atoms with van der Waals surface area (Å²) >= 11 is 0. The van der Waals surface area contributed by atoms with Crippen LogP contribution in [0.1, 0.15) is 129 Å². The van der Waals surface area contributed by atoms with Crippen LogP contribution in [-0.2, 0) is 0 Å². The van der Waals surface area contributed by atoms with Crippen LogP contribution in [0.2, 0.25) is 0 Å². The fraction of sp³-hybridized carbons (Fsp3) is 1.00. The van der Waals surface area contributed by atoms with Crippen molar-refractivity contribution in [2.24, 2.45) is 63.1 Å². The SMILES string of the molecule is CC1C(C(C)(C)C)CC(CC2CC(C(C)(C)C)CC(C(C)(C)C)C2)CC1C(C)(C)C. The van der Waals surface area contributed by atoms with E-state index in [-0.39, 0.29) is 0 Å². The van der Waals surface area contributed by atoms with Crippen molar-refractivity contribution in [2.75, 3.05) is 0 Å². The van der Waals surface area contributed by atoms with Gasteiger partial charge >= 0.3 is 0 Å². The summed E-state index contributed by atoms with van der Waals surface area (Å²) in [5.41, 5.74) is 1.75. The van der Waals surface area contributed by atoms with Crippen molar-refractivity contribution in [3.05, 3.63) is 0 Å². The highest BCUT2D eigenvalue weighted by Gasteiger charge is 2.46. The van der Waals surface area contributed by atoms with Crippen LogP contribution in [0, 0.1) is 63.1 Å². The summed E-state index contributed by atoms with van der Waals surface area (Å²) in [7, 11) is 0. The van der Waals surface area contributed by atoms with E-state index in [1.54, 1.807) is 0 Å². The van der Waals surface area contributed by atoms with Crippen molar-refractivity contribution in [3.8, 4) is 0 Å². The van der Waals surface area contributed by atoms with Gasteiger partial charge in [-0.15, -0.1) is 0 Å². The highest BCUT2D eigenvalue weighted by Crippen LogP contribution is 2.55. The lowest BCUT2D eigenvalue weighted by Crippen LogP contribution is -2.43. The Morgan fingerprint density at radius 1 is 0.467 bits per heavy atom. The molecular formula is C30H58. The van der Waals surface area contributed by atoms with Gasteiger partial charge in [-0.1, -0.05) is 90.0 Å². The maximum atomic E-state index is 2.58. The molecule has 2 aliphatic carbocycles. The van der Waals surface area contributed by atoms with Crippen LogP contribution >= 0.6 is 0 Å². The molecule has 0 spiro atoms. The Morgan fingerprint density at radius 3 is 1.10 bits per heavy atom. The molecule has 2 rings (SSSR count). The summed E-state index contributed by atoms with van der Waals surface area (Å²) in [6, 6.07) is 0. The van der Waals surface area contributed by atoms with Crippen molar-refractivity contribution in [1.82, 2.24) is 0 Å². The van der Waals surface area contributed by atoms with Crippen molar-refractivity contribution in [1.29, 1.82) is 0 Å². The van der Waals surface area contributed by atoms with Gasteiger partial charge in [0.25, 0.3) is 0 Å². The maximum Gasteiger partial charge on any atom is -0.0334 e. The van der Waals surface area contributed by atoms with Crippen LogP contribution in [0.3, 0.4) is 0 Å². The minimum absolute atomic E-state index is 0.427. The van der Waals surface area contributed by atoms with Gasteiger partial charge in [0.2, 0.25) is 0 Å². The molecule has 0 heteroatoms. The van der Waals surface area contributed by atoms with E-state index in [0.29, 0.717) is 21.7 Å². The third-order valence-electron chi connectivity index (χ3n) is 9.59. The molecule has 30 heavy (non-hydrogen) atoms. The smallest absolute Gasteiger partial charge is 0.0334 e. The van der Waals surface area contributed by atoms with Crippen LogP contribution in [0.5, 0.6) is 0 Å². The first kappa shape index (κ1) is 26.3. The molecule has 0 aromatic heterocycles. The van der Waals surface area contributed by atoms with E-state index >= 15 is 0 Å². The Morgan fingerprint density at radius 2 is 0.800 bits per heavy atom. The van der Waals surface area contributed by atoms with Crippen LogP contribution in [0.15, 0.2) is 0 Å². The van der Waals surface area contributed by atoms with E-state index in [9.17, 15) is 0 Å². The zero-order chi connectivity index (χ0) is 23.3. The topological polar surface area (TPSA) is 0 Å². The maximum absolute atomic E-state index is 2.58. The van der Waals surface area contributed by atoms with Crippen LogP contribution in [-0.4, -0.2) is 0 Å². The average Bonchev–Trinajstić information content (AvgIpc) is 2.52. The molecule has 0 aromatic carbocycles. The molecule has 0 bridgehead atoms. The van der Waals surface area contributed by atoms with Crippen molar-refractivity contribution >= 4 is 0 Å². The fourth-order valence-corrected chi connectivity index (χ4v) is 7.52. The van der Waals surface area contributed by atoms with Crippen molar-refractivity contribution < 1.29 is 0 Å². The molecule has 4 atom stereocenters. The Labute approximate surface area is 191 Å². The van der Waals surface area contributed by atoms with Gasteiger partial charge in [0, 0.05) is 0 Å². The first-order valence-corrected chi connectivity index (χ1v) is 13.3. The summed E-state index contributed by atoms with van der Waals surface area (Å²) < 4.78 is 0. The molecule has 0 heterocycles. The standard InChI is InChI=1S/C30H58/c1-20-25(29(8,9)10)17-22(18-26(20)30(11,12)13)14-21-15-23(27(2,3)4)19-24(16-21)28(5,6)7/h20-26H,14-19H2,1-13H3. The predicted molar refractivity (Wildman–Crippen MR) is 136 cm³/mol. The molecule has 2 aliphatic rings. The van der Waals surface area contributed by atoms with Crippen LogP contribution in [0.25, 0.3) is 0 Å². The van der Waals surface area contributed by atoms with E-state index in [2.05, 4.69) is 90.0 Å². The molecule has 4 unspecified atom stereocenters. The lowest BCUT2D eigenvalue weighted by atomic mass is 9.53. The molecule has 0 N–H and O–H groups in total. The summed E-state index contributed by atoms with van der Waals surface area (Å²) in [6.45, 7) is 32.6. The highest BCUT2D eigenvalue weighted by atomic mass is 14.5. The third-order valence-corrected chi connectivity index (χ3v) is 9.59. The van der Waals surface area contributed by atoms with E-state index < -0.39 is 0 Å². The van der Waals surface area contributed by atoms with E-state index in [1.807, 2.05) is 0 Å². The quantitative estimate of drug-likeness (QED) is 0.418. The Kier molecular flexibility index (Phi) is 7.65. The Balaban J connectivity index is 2.23. The molecule has 2 fully saturated rings. The molecule has 0 amide bonds.